The SMILES string of the molecule is CCSc1ccc(-n2ncn(-c3ccc(Cl)cc3)c2=O)nc1-c1nc2cc(SC(F)(F)F)ccc2o1. The molecule has 184 valence electrons. The number of nitrogens with zero attached hydrogens (tertiary/aromatic N) is 5. The van der Waals surface area contributed by atoms with Gasteiger partial charge in [0.15, 0.2) is 11.4 Å². The minimum atomic E-state index is -4.41. The summed E-state index contributed by atoms with van der Waals surface area (Å²) in [4.78, 5) is 22.8. The van der Waals surface area contributed by atoms with E-state index in [1.807, 2.05) is 6.92 Å². The van der Waals surface area contributed by atoms with Gasteiger partial charge in [-0.05, 0) is 72.1 Å². The van der Waals surface area contributed by atoms with Gasteiger partial charge in [-0.15, -0.1) is 11.8 Å². The van der Waals surface area contributed by atoms with Gasteiger partial charge in [0, 0.05) is 14.8 Å². The molecule has 0 aliphatic carbocycles. The van der Waals surface area contributed by atoms with Gasteiger partial charge in [0.05, 0.1) is 5.69 Å². The van der Waals surface area contributed by atoms with Crippen LogP contribution in [0.25, 0.3) is 34.2 Å². The topological polar surface area (TPSA) is 78.7 Å². The molecule has 3 aromatic heterocycles. The molecule has 5 aromatic rings. The van der Waals surface area contributed by atoms with Crippen molar-refractivity contribution >= 4 is 46.2 Å². The Morgan fingerprint density at radius 3 is 2.56 bits per heavy atom. The fraction of sp³-hybridized carbons (Fsp3) is 0.130. The predicted octanol–water partition coefficient (Wildman–Crippen LogP) is 6.60. The molecule has 7 nitrogen and oxygen atoms in total. The zero-order valence-electron chi connectivity index (χ0n) is 18.4. The lowest BCUT2D eigenvalue weighted by Gasteiger charge is -2.07. The number of halogens is 4. The number of fused-ring (bicyclic) bond motifs is 1. The lowest BCUT2D eigenvalue weighted by atomic mass is 10.3. The van der Waals surface area contributed by atoms with Crippen LogP contribution in [-0.2, 0) is 0 Å². The van der Waals surface area contributed by atoms with Crippen molar-refractivity contribution in [3.8, 4) is 23.1 Å². The van der Waals surface area contributed by atoms with Crippen LogP contribution in [0.2, 0.25) is 5.02 Å². The Balaban J connectivity index is 1.57. The summed E-state index contributed by atoms with van der Waals surface area (Å²) in [5.41, 5.74) is -3.33. The fourth-order valence-corrected chi connectivity index (χ4v) is 4.87. The summed E-state index contributed by atoms with van der Waals surface area (Å²) in [7, 11) is 0. The van der Waals surface area contributed by atoms with Gasteiger partial charge in [-0.3, -0.25) is 0 Å². The van der Waals surface area contributed by atoms with Gasteiger partial charge in [-0.1, -0.05) is 18.5 Å². The summed E-state index contributed by atoms with van der Waals surface area (Å²) < 4.78 is 46.7. The second-order valence-corrected chi connectivity index (χ2v) is 10.2. The Bertz CT molecular complexity index is 1610. The van der Waals surface area contributed by atoms with Gasteiger partial charge in [0.25, 0.3) is 0 Å². The molecule has 0 radical (unpaired) electrons. The van der Waals surface area contributed by atoms with Crippen LogP contribution in [0.1, 0.15) is 6.92 Å². The van der Waals surface area contributed by atoms with Crippen molar-refractivity contribution in [3.63, 3.8) is 0 Å². The van der Waals surface area contributed by atoms with Crippen LogP contribution in [0.15, 0.2) is 79.9 Å². The second-order valence-electron chi connectivity index (χ2n) is 7.32. The van der Waals surface area contributed by atoms with Crippen LogP contribution >= 0.6 is 35.1 Å². The van der Waals surface area contributed by atoms with Crippen LogP contribution in [0.5, 0.6) is 0 Å². The minimum absolute atomic E-state index is 0.000918. The Labute approximate surface area is 215 Å². The van der Waals surface area contributed by atoms with E-state index in [0.717, 1.165) is 15.3 Å². The Morgan fingerprint density at radius 2 is 1.83 bits per heavy atom. The van der Waals surface area contributed by atoms with E-state index in [0.29, 0.717) is 22.0 Å². The summed E-state index contributed by atoms with van der Waals surface area (Å²) >= 11 is 7.20. The fourth-order valence-electron chi connectivity index (χ4n) is 3.42. The first-order valence-electron chi connectivity index (χ1n) is 10.5. The van der Waals surface area contributed by atoms with Crippen molar-refractivity contribution in [1.82, 2.24) is 24.3 Å². The van der Waals surface area contributed by atoms with E-state index < -0.39 is 11.2 Å². The highest BCUT2D eigenvalue weighted by Crippen LogP contribution is 2.39. The predicted molar refractivity (Wildman–Crippen MR) is 133 cm³/mol. The maximum atomic E-state index is 13.1. The molecule has 0 aliphatic heterocycles. The zero-order valence-corrected chi connectivity index (χ0v) is 20.8. The van der Waals surface area contributed by atoms with E-state index >= 15 is 0 Å². The summed E-state index contributed by atoms with van der Waals surface area (Å²) in [5.74, 6) is 1.09. The van der Waals surface area contributed by atoms with Crippen molar-refractivity contribution in [2.24, 2.45) is 0 Å². The first-order valence-corrected chi connectivity index (χ1v) is 12.6. The third-order valence-corrected chi connectivity index (χ3v) is 6.83. The van der Waals surface area contributed by atoms with Gasteiger partial charge < -0.3 is 4.42 Å². The van der Waals surface area contributed by atoms with Crippen LogP contribution in [0, 0.1) is 0 Å². The smallest absolute Gasteiger partial charge is 0.435 e. The summed E-state index contributed by atoms with van der Waals surface area (Å²) in [6.45, 7) is 1.97. The zero-order chi connectivity index (χ0) is 25.4. The number of oxazole rings is 1. The maximum Gasteiger partial charge on any atom is 0.446 e. The lowest BCUT2D eigenvalue weighted by Crippen LogP contribution is -2.23. The van der Waals surface area contributed by atoms with Crippen molar-refractivity contribution in [2.75, 3.05) is 5.75 Å². The number of rotatable bonds is 6. The van der Waals surface area contributed by atoms with E-state index in [2.05, 4.69) is 15.1 Å². The molecule has 0 saturated heterocycles. The highest BCUT2D eigenvalue weighted by Gasteiger charge is 2.29. The molecule has 0 N–H and O–H groups in total. The van der Waals surface area contributed by atoms with Crippen molar-refractivity contribution < 1.29 is 17.6 Å². The largest absolute Gasteiger partial charge is 0.446 e. The highest BCUT2D eigenvalue weighted by molar-refractivity contribution is 8.00. The standard InChI is InChI=1S/C23H15ClF3N5O2S2/c1-2-35-18-9-10-19(32-22(33)31(12-28-32)14-5-3-13(24)4-6-14)30-20(18)21-29-16-11-15(36-23(25,26)27)7-8-17(16)34-21/h3-12H,2H2,1H3. The second kappa shape index (κ2) is 9.68. The molecule has 0 saturated carbocycles. The third-order valence-electron chi connectivity index (χ3n) is 4.93. The number of alkyl halides is 3. The summed E-state index contributed by atoms with van der Waals surface area (Å²) in [6.07, 6.45) is 1.38. The molecule has 13 heteroatoms. The highest BCUT2D eigenvalue weighted by atomic mass is 35.5. The first kappa shape index (κ1) is 24.5. The Morgan fingerprint density at radius 1 is 1.06 bits per heavy atom. The number of hydrogen-bond acceptors (Lipinski definition) is 7. The summed E-state index contributed by atoms with van der Waals surface area (Å²) in [6, 6.07) is 14.2. The van der Waals surface area contributed by atoms with Crippen LogP contribution in [-0.4, -0.2) is 35.6 Å². The molecule has 0 aliphatic rings. The van der Waals surface area contributed by atoms with Gasteiger partial charge in [0.2, 0.25) is 5.89 Å². The monoisotopic (exact) mass is 549 g/mol. The minimum Gasteiger partial charge on any atom is -0.435 e. The number of thioether (sulfide) groups is 2. The van der Waals surface area contributed by atoms with E-state index in [1.54, 1.807) is 36.4 Å². The Hall–Kier alpha value is -3.22. The molecule has 0 spiro atoms. The lowest BCUT2D eigenvalue weighted by molar-refractivity contribution is -0.0328. The first-order chi connectivity index (χ1) is 17.2. The van der Waals surface area contributed by atoms with Crippen molar-refractivity contribution in [3.05, 3.63) is 76.4 Å². The maximum absolute atomic E-state index is 13.1. The molecule has 5 rings (SSSR count). The van der Waals surface area contributed by atoms with E-state index in [4.69, 9.17) is 16.0 Å². The summed E-state index contributed by atoms with van der Waals surface area (Å²) in [5, 5.41) is 4.73. The molecular weight excluding hydrogens is 535 g/mol. The van der Waals surface area contributed by atoms with E-state index in [9.17, 15) is 18.0 Å². The normalized spacial score (nSPS) is 11.9. The number of benzene rings is 2. The molecule has 0 amide bonds. The van der Waals surface area contributed by atoms with Crippen LogP contribution < -0.4 is 5.69 Å². The van der Waals surface area contributed by atoms with Crippen molar-refractivity contribution in [1.29, 1.82) is 0 Å². The van der Waals surface area contributed by atoms with Gasteiger partial charge in [-0.2, -0.15) is 23.0 Å². The van der Waals surface area contributed by atoms with Gasteiger partial charge in [0.1, 0.15) is 17.5 Å². The Kier molecular flexibility index (Phi) is 6.58. The average Bonchev–Trinajstić information content (AvgIpc) is 3.42. The van der Waals surface area contributed by atoms with Crippen LogP contribution in [0.4, 0.5) is 13.2 Å². The molecule has 0 bridgehead atoms. The van der Waals surface area contributed by atoms with Crippen molar-refractivity contribution in [2.45, 2.75) is 22.2 Å². The molecule has 3 heterocycles. The quantitative estimate of drug-likeness (QED) is 0.221. The van der Waals surface area contributed by atoms with Crippen LogP contribution in [0.3, 0.4) is 0 Å². The molecule has 0 atom stereocenters. The third kappa shape index (κ3) is 5.01. The van der Waals surface area contributed by atoms with E-state index in [1.165, 1.54) is 40.9 Å². The molecular formula is C23H15ClF3N5O2S2. The van der Waals surface area contributed by atoms with E-state index in [-0.39, 0.29) is 33.9 Å². The van der Waals surface area contributed by atoms with Gasteiger partial charge >= 0.3 is 11.2 Å². The molecule has 0 fully saturated rings. The number of pyridine rings is 1. The molecule has 2 aromatic carbocycles. The number of aromatic nitrogens is 5. The van der Waals surface area contributed by atoms with Gasteiger partial charge in [-0.25, -0.2) is 19.3 Å². The average molecular weight is 550 g/mol. The molecule has 0 unspecified atom stereocenters. The molecule has 36 heavy (non-hydrogen) atoms. The number of hydrogen-bond donors (Lipinski definition) is 0.